The maximum Gasteiger partial charge on any atom is 0.273 e. The molecule has 0 aliphatic heterocycles. The Morgan fingerprint density at radius 3 is 2.19 bits per heavy atom. The Morgan fingerprint density at radius 1 is 1.14 bits per heavy atom. The standard InChI is InChI=1S/C15H19N5O/c1-10-9-16-19-14(10)15(21)18-13-7-5-12(6-8-13)17-11(2)20(3)4/h5-9H,1-4H3,(H2,16,18,19,21)/p+1. The number of hydrogen-bond donors (Lipinski definition) is 3. The van der Waals surface area contributed by atoms with Crippen LogP contribution in [-0.4, -0.2) is 40.6 Å². The lowest BCUT2D eigenvalue weighted by atomic mass is 10.2. The summed E-state index contributed by atoms with van der Waals surface area (Å²) in [6, 6.07) is 7.55. The Morgan fingerprint density at radius 2 is 1.71 bits per heavy atom. The van der Waals surface area contributed by atoms with Crippen molar-refractivity contribution in [3.63, 3.8) is 0 Å². The van der Waals surface area contributed by atoms with Crippen LogP contribution < -0.4 is 10.6 Å². The van der Waals surface area contributed by atoms with Crippen molar-refractivity contribution in [3.8, 4) is 0 Å². The van der Waals surface area contributed by atoms with Gasteiger partial charge in [-0.2, -0.15) is 5.10 Å². The van der Waals surface area contributed by atoms with Crippen molar-refractivity contribution in [1.29, 1.82) is 0 Å². The summed E-state index contributed by atoms with van der Waals surface area (Å²) >= 11 is 0. The molecule has 0 fully saturated rings. The molecule has 1 amide bonds. The number of amides is 1. The summed E-state index contributed by atoms with van der Waals surface area (Å²) in [5.41, 5.74) is 3.01. The highest BCUT2D eigenvalue weighted by Gasteiger charge is 2.11. The summed E-state index contributed by atoms with van der Waals surface area (Å²) < 4.78 is 2.00. The van der Waals surface area contributed by atoms with Crippen LogP contribution in [0.1, 0.15) is 23.0 Å². The minimum absolute atomic E-state index is 0.193. The largest absolute Gasteiger partial charge is 0.321 e. The summed E-state index contributed by atoms with van der Waals surface area (Å²) in [6.07, 6.45) is 1.63. The van der Waals surface area contributed by atoms with Crippen LogP contribution in [0.4, 0.5) is 11.4 Å². The lowest BCUT2D eigenvalue weighted by molar-refractivity contribution is -0.464. The van der Waals surface area contributed by atoms with Gasteiger partial charge in [-0.1, -0.05) is 0 Å². The summed E-state index contributed by atoms with van der Waals surface area (Å²) in [5, 5.41) is 12.6. The average Bonchev–Trinajstić information content (AvgIpc) is 2.87. The van der Waals surface area contributed by atoms with Gasteiger partial charge in [-0.25, -0.2) is 5.32 Å². The molecule has 0 unspecified atom stereocenters. The first-order chi connectivity index (χ1) is 9.97. The van der Waals surface area contributed by atoms with Crippen molar-refractivity contribution < 1.29 is 9.37 Å². The van der Waals surface area contributed by atoms with Crippen molar-refractivity contribution >= 4 is 23.1 Å². The molecule has 1 aromatic heterocycles. The van der Waals surface area contributed by atoms with Gasteiger partial charge in [0.25, 0.3) is 5.91 Å². The number of H-pyrrole nitrogens is 1. The van der Waals surface area contributed by atoms with Crippen molar-refractivity contribution in [2.75, 3.05) is 24.7 Å². The first-order valence-corrected chi connectivity index (χ1v) is 6.66. The Kier molecular flexibility index (Phi) is 4.37. The fourth-order valence-electron chi connectivity index (χ4n) is 1.73. The van der Waals surface area contributed by atoms with Crippen molar-refractivity contribution in [3.05, 3.63) is 41.7 Å². The second-order valence-electron chi connectivity index (χ2n) is 5.06. The Hall–Kier alpha value is -2.63. The molecule has 1 aromatic carbocycles. The number of hydrogen-bond acceptors (Lipinski definition) is 2. The average molecular weight is 286 g/mol. The van der Waals surface area contributed by atoms with E-state index in [0.29, 0.717) is 5.69 Å². The van der Waals surface area contributed by atoms with Gasteiger partial charge in [-0.15, -0.1) is 0 Å². The quantitative estimate of drug-likeness (QED) is 0.459. The maximum absolute atomic E-state index is 12.0. The van der Waals surface area contributed by atoms with Gasteiger partial charge in [0.1, 0.15) is 11.4 Å². The van der Waals surface area contributed by atoms with Crippen molar-refractivity contribution in [2.24, 2.45) is 0 Å². The number of rotatable bonds is 3. The second kappa shape index (κ2) is 6.21. The van der Waals surface area contributed by atoms with Gasteiger partial charge in [-0.3, -0.25) is 14.5 Å². The highest BCUT2D eigenvalue weighted by atomic mass is 16.1. The van der Waals surface area contributed by atoms with Crippen LogP contribution in [0.2, 0.25) is 0 Å². The zero-order chi connectivity index (χ0) is 15.4. The lowest BCUT2D eigenvalue weighted by Gasteiger charge is -2.06. The molecule has 0 aliphatic rings. The van der Waals surface area contributed by atoms with Crippen LogP contribution in [0.25, 0.3) is 0 Å². The number of benzene rings is 1. The maximum atomic E-state index is 12.0. The van der Waals surface area contributed by atoms with Gasteiger partial charge in [0.2, 0.25) is 5.84 Å². The molecule has 6 heteroatoms. The number of anilines is 2. The molecule has 0 aliphatic carbocycles. The molecular formula is C15H20N5O+. The van der Waals surface area contributed by atoms with Gasteiger partial charge in [0, 0.05) is 12.6 Å². The molecule has 2 rings (SSSR count). The van der Waals surface area contributed by atoms with Crippen LogP contribution in [0.5, 0.6) is 0 Å². The Labute approximate surface area is 123 Å². The van der Waals surface area contributed by atoms with E-state index in [0.717, 1.165) is 22.8 Å². The highest BCUT2D eigenvalue weighted by Crippen LogP contribution is 2.15. The van der Waals surface area contributed by atoms with Crippen molar-refractivity contribution in [1.82, 2.24) is 10.2 Å². The molecule has 110 valence electrons. The molecule has 0 saturated carbocycles. The fraction of sp³-hybridized carbons (Fsp3) is 0.267. The van der Waals surface area contributed by atoms with Crippen LogP contribution in [0, 0.1) is 6.92 Å². The molecule has 3 N–H and O–H groups in total. The number of nitrogens with one attached hydrogen (secondary N) is 3. The number of aryl methyl sites for hydroxylation is 1. The number of nitrogens with zero attached hydrogens (tertiary/aromatic N) is 2. The van der Waals surface area contributed by atoms with Crippen LogP contribution >= 0.6 is 0 Å². The third-order valence-electron chi connectivity index (χ3n) is 3.19. The number of aromatic amines is 1. The highest BCUT2D eigenvalue weighted by molar-refractivity contribution is 6.03. The Balaban J connectivity index is 2.05. The minimum Gasteiger partial charge on any atom is -0.321 e. The molecular weight excluding hydrogens is 266 g/mol. The summed E-state index contributed by atoms with van der Waals surface area (Å²) in [4.78, 5) is 12.0. The van der Waals surface area contributed by atoms with Gasteiger partial charge >= 0.3 is 0 Å². The van der Waals surface area contributed by atoms with Crippen LogP contribution in [0.3, 0.4) is 0 Å². The van der Waals surface area contributed by atoms with Gasteiger partial charge in [0.05, 0.1) is 20.3 Å². The van der Waals surface area contributed by atoms with E-state index in [9.17, 15) is 4.79 Å². The van der Waals surface area contributed by atoms with E-state index in [1.165, 1.54) is 0 Å². The normalized spacial score (nSPS) is 10.1. The van der Waals surface area contributed by atoms with E-state index in [2.05, 4.69) is 20.8 Å². The first kappa shape index (κ1) is 14.8. The third-order valence-corrected chi connectivity index (χ3v) is 3.19. The van der Waals surface area contributed by atoms with Gasteiger partial charge < -0.3 is 5.32 Å². The number of carbonyl (C=O) groups is 1. The zero-order valence-corrected chi connectivity index (χ0v) is 12.7. The predicted octanol–water partition coefficient (Wildman–Crippen LogP) is 2.07. The van der Waals surface area contributed by atoms with Gasteiger partial charge in [0.15, 0.2) is 0 Å². The monoisotopic (exact) mass is 286 g/mol. The molecule has 6 nitrogen and oxygen atoms in total. The minimum atomic E-state index is -0.193. The second-order valence-corrected chi connectivity index (χ2v) is 5.06. The molecule has 1 heterocycles. The van der Waals surface area contributed by atoms with E-state index in [4.69, 9.17) is 0 Å². The third kappa shape index (κ3) is 3.68. The zero-order valence-electron chi connectivity index (χ0n) is 12.7. The van der Waals surface area contributed by atoms with Crippen molar-refractivity contribution in [2.45, 2.75) is 13.8 Å². The molecule has 0 atom stereocenters. The molecule has 0 radical (unpaired) electrons. The lowest BCUT2D eigenvalue weighted by Crippen LogP contribution is -2.18. The topological polar surface area (TPSA) is 72.8 Å². The fourth-order valence-corrected chi connectivity index (χ4v) is 1.73. The molecule has 0 bridgehead atoms. The summed E-state index contributed by atoms with van der Waals surface area (Å²) in [5.74, 6) is 0.849. The molecule has 2 aromatic rings. The van der Waals surface area contributed by atoms with Gasteiger partial charge in [-0.05, 0) is 36.8 Å². The van der Waals surface area contributed by atoms with E-state index < -0.39 is 0 Å². The number of carbonyl (C=O) groups excluding carboxylic acids is 1. The van der Waals surface area contributed by atoms with E-state index in [-0.39, 0.29) is 5.91 Å². The predicted molar refractivity (Wildman–Crippen MR) is 84.1 cm³/mol. The first-order valence-electron chi connectivity index (χ1n) is 6.66. The molecule has 0 spiro atoms. The van der Waals surface area contributed by atoms with E-state index >= 15 is 0 Å². The summed E-state index contributed by atoms with van der Waals surface area (Å²) in [6.45, 7) is 3.84. The SMILES string of the molecule is CC(Nc1ccc(NC(=O)c2[nH]ncc2C)cc1)=[N+](C)C. The number of aromatic nitrogens is 2. The van der Waals surface area contributed by atoms with Crippen LogP contribution in [-0.2, 0) is 0 Å². The van der Waals surface area contributed by atoms with E-state index in [1.807, 2.05) is 56.8 Å². The number of amidine groups is 1. The van der Waals surface area contributed by atoms with E-state index in [1.54, 1.807) is 6.20 Å². The van der Waals surface area contributed by atoms with Crippen LogP contribution in [0.15, 0.2) is 30.5 Å². The summed E-state index contributed by atoms with van der Waals surface area (Å²) in [7, 11) is 3.95. The Bertz CT molecular complexity index is 666. The molecule has 21 heavy (non-hydrogen) atoms. The molecule has 0 saturated heterocycles. The smallest absolute Gasteiger partial charge is 0.273 e.